The Hall–Kier alpha value is -0.730. The maximum absolute atomic E-state index is 11.6. The van der Waals surface area contributed by atoms with E-state index in [0.29, 0.717) is 12.5 Å². The van der Waals surface area contributed by atoms with Crippen LogP contribution in [0.5, 0.6) is 0 Å². The Morgan fingerprint density at radius 2 is 1.89 bits per heavy atom. The average molecular weight is 255 g/mol. The Bertz CT molecular complexity index is 231. The van der Waals surface area contributed by atoms with Crippen LogP contribution in [0, 0.1) is 5.92 Å². The highest BCUT2D eigenvalue weighted by atomic mass is 16.6. The van der Waals surface area contributed by atoms with E-state index in [1.54, 1.807) is 0 Å². The Kier molecular flexibility index (Phi) is 7.86. The first kappa shape index (κ1) is 15.3. The van der Waals surface area contributed by atoms with Crippen LogP contribution in [0.25, 0.3) is 0 Å². The number of ether oxygens (including phenoxy) is 1. The van der Waals surface area contributed by atoms with E-state index in [1.165, 1.54) is 44.9 Å². The van der Waals surface area contributed by atoms with Gasteiger partial charge in [-0.05, 0) is 25.2 Å². The first-order valence-corrected chi connectivity index (χ1v) is 7.69. The quantitative estimate of drug-likeness (QED) is 0.577. The van der Waals surface area contributed by atoms with E-state index in [9.17, 15) is 4.79 Å². The molecule has 0 aromatic carbocycles. The Labute approximate surface area is 112 Å². The molecule has 18 heavy (non-hydrogen) atoms. The maximum atomic E-state index is 11.6. The molecule has 0 radical (unpaired) electrons. The summed E-state index contributed by atoms with van der Waals surface area (Å²) in [6.45, 7) is 6.86. The zero-order valence-electron chi connectivity index (χ0n) is 12.1. The summed E-state index contributed by atoms with van der Waals surface area (Å²) < 4.78 is 5.11. The summed E-state index contributed by atoms with van der Waals surface area (Å²) in [5.41, 5.74) is 0. The van der Waals surface area contributed by atoms with Crippen molar-refractivity contribution in [1.29, 1.82) is 0 Å². The third-order valence-electron chi connectivity index (χ3n) is 3.72. The van der Waals surface area contributed by atoms with Crippen LogP contribution in [0.15, 0.2) is 0 Å². The molecule has 1 atom stereocenters. The standard InChI is InChI=1S/C15H29NO2/c1-3-5-7-10-14(9-6-4-2)13-16-11-8-12-18-15(16)17/h14H,3-13H2,1-2H3. The molecule has 0 N–H and O–H groups in total. The zero-order chi connectivity index (χ0) is 13.2. The summed E-state index contributed by atoms with van der Waals surface area (Å²) in [6.07, 6.45) is 9.81. The lowest BCUT2D eigenvalue weighted by Crippen LogP contribution is -2.40. The SMILES string of the molecule is CCCCCC(CCCC)CN1CCCOC1=O. The topological polar surface area (TPSA) is 29.5 Å². The van der Waals surface area contributed by atoms with Crippen molar-refractivity contribution in [2.24, 2.45) is 5.92 Å². The van der Waals surface area contributed by atoms with Crippen LogP contribution in [0.1, 0.15) is 65.2 Å². The molecule has 1 rings (SSSR count). The molecule has 1 aliphatic rings. The third kappa shape index (κ3) is 5.74. The van der Waals surface area contributed by atoms with Gasteiger partial charge in [0, 0.05) is 13.1 Å². The monoisotopic (exact) mass is 255 g/mol. The van der Waals surface area contributed by atoms with Gasteiger partial charge in [-0.25, -0.2) is 4.79 Å². The minimum Gasteiger partial charge on any atom is -0.449 e. The number of carbonyl (C=O) groups excluding carboxylic acids is 1. The molecule has 1 fully saturated rings. The van der Waals surface area contributed by atoms with Crippen LogP contribution in [-0.4, -0.2) is 30.7 Å². The number of amides is 1. The lowest BCUT2D eigenvalue weighted by atomic mass is 9.95. The summed E-state index contributed by atoms with van der Waals surface area (Å²) in [4.78, 5) is 13.5. The predicted molar refractivity (Wildman–Crippen MR) is 74.7 cm³/mol. The minimum absolute atomic E-state index is 0.0989. The normalized spacial score (nSPS) is 17.7. The van der Waals surface area contributed by atoms with Gasteiger partial charge in [-0.2, -0.15) is 0 Å². The van der Waals surface area contributed by atoms with E-state index in [1.807, 2.05) is 4.90 Å². The number of rotatable bonds is 9. The Morgan fingerprint density at radius 3 is 2.56 bits per heavy atom. The van der Waals surface area contributed by atoms with Crippen molar-refractivity contribution in [1.82, 2.24) is 4.90 Å². The molecule has 0 saturated carbocycles. The van der Waals surface area contributed by atoms with E-state index in [-0.39, 0.29) is 6.09 Å². The number of cyclic esters (lactones) is 1. The van der Waals surface area contributed by atoms with Gasteiger partial charge in [0.25, 0.3) is 0 Å². The fourth-order valence-corrected chi connectivity index (χ4v) is 2.58. The molecule has 1 aliphatic heterocycles. The first-order chi connectivity index (χ1) is 8.77. The molecular formula is C15H29NO2. The molecule has 106 valence electrons. The van der Waals surface area contributed by atoms with Crippen molar-refractivity contribution < 1.29 is 9.53 Å². The number of unbranched alkanes of at least 4 members (excludes halogenated alkanes) is 3. The van der Waals surface area contributed by atoms with Crippen LogP contribution in [0.4, 0.5) is 4.79 Å². The van der Waals surface area contributed by atoms with Crippen LogP contribution < -0.4 is 0 Å². The van der Waals surface area contributed by atoms with Gasteiger partial charge in [-0.15, -0.1) is 0 Å². The summed E-state index contributed by atoms with van der Waals surface area (Å²) in [5, 5.41) is 0. The van der Waals surface area contributed by atoms with Crippen molar-refractivity contribution in [2.75, 3.05) is 19.7 Å². The second-order valence-corrected chi connectivity index (χ2v) is 5.42. The van der Waals surface area contributed by atoms with Crippen LogP contribution in [-0.2, 0) is 4.74 Å². The highest BCUT2D eigenvalue weighted by Gasteiger charge is 2.22. The van der Waals surface area contributed by atoms with E-state index in [4.69, 9.17) is 4.74 Å². The van der Waals surface area contributed by atoms with Crippen LogP contribution in [0.3, 0.4) is 0 Å². The molecule has 0 aromatic heterocycles. The molecule has 0 aromatic rings. The average Bonchev–Trinajstić information content (AvgIpc) is 2.38. The number of carbonyl (C=O) groups is 1. The lowest BCUT2D eigenvalue weighted by molar-refractivity contribution is 0.0648. The van der Waals surface area contributed by atoms with Crippen molar-refractivity contribution in [3.63, 3.8) is 0 Å². The molecule has 3 heteroatoms. The highest BCUT2D eigenvalue weighted by molar-refractivity contribution is 5.68. The van der Waals surface area contributed by atoms with E-state index in [0.717, 1.165) is 19.5 Å². The summed E-state index contributed by atoms with van der Waals surface area (Å²) >= 11 is 0. The molecule has 1 amide bonds. The Morgan fingerprint density at radius 1 is 1.17 bits per heavy atom. The van der Waals surface area contributed by atoms with Gasteiger partial charge in [0.05, 0.1) is 6.61 Å². The smallest absolute Gasteiger partial charge is 0.409 e. The second-order valence-electron chi connectivity index (χ2n) is 5.42. The van der Waals surface area contributed by atoms with E-state index in [2.05, 4.69) is 13.8 Å². The zero-order valence-corrected chi connectivity index (χ0v) is 12.1. The van der Waals surface area contributed by atoms with Gasteiger partial charge >= 0.3 is 6.09 Å². The second kappa shape index (κ2) is 9.23. The number of nitrogens with zero attached hydrogens (tertiary/aromatic N) is 1. The molecule has 0 bridgehead atoms. The van der Waals surface area contributed by atoms with Gasteiger partial charge in [0.2, 0.25) is 0 Å². The molecule has 1 saturated heterocycles. The number of hydrogen-bond donors (Lipinski definition) is 0. The largest absolute Gasteiger partial charge is 0.449 e. The first-order valence-electron chi connectivity index (χ1n) is 7.69. The maximum Gasteiger partial charge on any atom is 0.409 e. The van der Waals surface area contributed by atoms with Gasteiger partial charge in [0.1, 0.15) is 0 Å². The molecule has 3 nitrogen and oxygen atoms in total. The summed E-state index contributed by atoms with van der Waals surface area (Å²) in [7, 11) is 0. The van der Waals surface area contributed by atoms with E-state index < -0.39 is 0 Å². The molecule has 0 aliphatic carbocycles. The molecule has 1 heterocycles. The lowest BCUT2D eigenvalue weighted by Gasteiger charge is -2.30. The van der Waals surface area contributed by atoms with Crippen molar-refractivity contribution >= 4 is 6.09 Å². The molecular weight excluding hydrogens is 226 g/mol. The van der Waals surface area contributed by atoms with Crippen LogP contribution >= 0.6 is 0 Å². The van der Waals surface area contributed by atoms with Gasteiger partial charge < -0.3 is 9.64 Å². The summed E-state index contributed by atoms with van der Waals surface area (Å²) in [6, 6.07) is 0. The van der Waals surface area contributed by atoms with Gasteiger partial charge in [0.15, 0.2) is 0 Å². The Balaban J connectivity index is 2.35. The van der Waals surface area contributed by atoms with Crippen molar-refractivity contribution in [3.8, 4) is 0 Å². The van der Waals surface area contributed by atoms with E-state index >= 15 is 0 Å². The fourth-order valence-electron chi connectivity index (χ4n) is 2.58. The molecule has 0 spiro atoms. The van der Waals surface area contributed by atoms with Gasteiger partial charge in [-0.1, -0.05) is 46.0 Å². The van der Waals surface area contributed by atoms with Crippen molar-refractivity contribution in [3.05, 3.63) is 0 Å². The van der Waals surface area contributed by atoms with Crippen LogP contribution in [0.2, 0.25) is 0 Å². The number of hydrogen-bond acceptors (Lipinski definition) is 2. The summed E-state index contributed by atoms with van der Waals surface area (Å²) in [5.74, 6) is 0.669. The predicted octanol–water partition coefficient (Wildman–Crippen LogP) is 4.22. The molecule has 1 unspecified atom stereocenters. The highest BCUT2D eigenvalue weighted by Crippen LogP contribution is 2.20. The third-order valence-corrected chi connectivity index (χ3v) is 3.72. The minimum atomic E-state index is -0.0989. The van der Waals surface area contributed by atoms with Gasteiger partial charge in [-0.3, -0.25) is 0 Å². The fraction of sp³-hybridized carbons (Fsp3) is 0.933. The van der Waals surface area contributed by atoms with Crippen molar-refractivity contribution in [2.45, 2.75) is 65.2 Å².